The number of fused-ring (bicyclic) bond motifs is 1. The molecule has 1 amide bonds. The van der Waals surface area contributed by atoms with Crippen molar-refractivity contribution in [1.29, 1.82) is 0 Å². The lowest BCUT2D eigenvalue weighted by atomic mass is 10.1. The van der Waals surface area contributed by atoms with Crippen molar-refractivity contribution >= 4 is 17.2 Å². The number of benzene rings is 1. The van der Waals surface area contributed by atoms with Gasteiger partial charge in [0.05, 0.1) is 5.01 Å². The summed E-state index contributed by atoms with van der Waals surface area (Å²) in [6.07, 6.45) is 3.62. The van der Waals surface area contributed by atoms with E-state index in [2.05, 4.69) is 28.5 Å². The summed E-state index contributed by atoms with van der Waals surface area (Å²) in [5.41, 5.74) is 4.59. The van der Waals surface area contributed by atoms with Gasteiger partial charge in [0.2, 0.25) is 0 Å². The third-order valence-corrected chi connectivity index (χ3v) is 4.24. The highest BCUT2D eigenvalue weighted by Gasteiger charge is 2.12. The average molecular weight is 272 g/mol. The van der Waals surface area contributed by atoms with Crippen molar-refractivity contribution < 1.29 is 4.79 Å². The first kappa shape index (κ1) is 12.4. The quantitative estimate of drug-likeness (QED) is 0.933. The van der Waals surface area contributed by atoms with Gasteiger partial charge in [-0.3, -0.25) is 4.79 Å². The molecule has 0 saturated carbocycles. The molecule has 1 N–H and O–H groups in total. The van der Waals surface area contributed by atoms with Gasteiger partial charge in [-0.1, -0.05) is 18.2 Å². The van der Waals surface area contributed by atoms with E-state index in [1.165, 1.54) is 47.3 Å². The monoisotopic (exact) mass is 272 g/mol. The van der Waals surface area contributed by atoms with Crippen LogP contribution in [-0.4, -0.2) is 10.9 Å². The molecular formula is C15H16N2OS. The number of aryl methyl sites for hydroxylation is 3. The predicted octanol–water partition coefficient (Wildman–Crippen LogP) is 2.87. The van der Waals surface area contributed by atoms with Gasteiger partial charge < -0.3 is 5.32 Å². The van der Waals surface area contributed by atoms with Crippen molar-refractivity contribution in [1.82, 2.24) is 10.3 Å². The van der Waals surface area contributed by atoms with E-state index in [-0.39, 0.29) is 5.91 Å². The first-order chi connectivity index (χ1) is 9.22. The van der Waals surface area contributed by atoms with Crippen LogP contribution in [-0.2, 0) is 19.4 Å². The number of nitrogens with one attached hydrogen (secondary N) is 1. The summed E-state index contributed by atoms with van der Waals surface area (Å²) in [4.78, 5) is 16.1. The molecule has 1 aromatic heterocycles. The van der Waals surface area contributed by atoms with Crippen LogP contribution in [0, 0.1) is 6.92 Å². The van der Waals surface area contributed by atoms with E-state index in [9.17, 15) is 4.79 Å². The molecule has 98 valence electrons. The van der Waals surface area contributed by atoms with Gasteiger partial charge in [-0.15, -0.1) is 11.3 Å². The third-order valence-electron chi connectivity index (χ3n) is 3.47. The van der Waals surface area contributed by atoms with Gasteiger partial charge in [-0.05, 0) is 42.9 Å². The van der Waals surface area contributed by atoms with Gasteiger partial charge in [0.25, 0.3) is 5.91 Å². The first-order valence-electron chi connectivity index (χ1n) is 6.53. The molecule has 0 fully saturated rings. The second-order valence-corrected chi connectivity index (χ2v) is 5.95. The molecule has 0 aliphatic heterocycles. The minimum atomic E-state index is -0.0927. The fourth-order valence-electron chi connectivity index (χ4n) is 2.48. The Kier molecular flexibility index (Phi) is 3.34. The number of hydrogen-bond donors (Lipinski definition) is 1. The summed E-state index contributed by atoms with van der Waals surface area (Å²) in [5, 5.41) is 5.64. The van der Waals surface area contributed by atoms with Crippen molar-refractivity contribution in [3.63, 3.8) is 0 Å². The van der Waals surface area contributed by atoms with Gasteiger partial charge >= 0.3 is 0 Å². The lowest BCUT2D eigenvalue weighted by molar-refractivity contribution is 0.0946. The largest absolute Gasteiger partial charge is 0.347 e. The average Bonchev–Trinajstić information content (AvgIpc) is 3.03. The molecule has 1 aliphatic carbocycles. The highest BCUT2D eigenvalue weighted by Crippen LogP contribution is 2.22. The second kappa shape index (κ2) is 5.13. The van der Waals surface area contributed by atoms with Crippen LogP contribution in [0.2, 0.25) is 0 Å². The molecule has 0 atom stereocenters. The topological polar surface area (TPSA) is 42.0 Å². The van der Waals surface area contributed by atoms with Gasteiger partial charge in [0, 0.05) is 11.9 Å². The molecule has 3 nitrogen and oxygen atoms in total. The lowest BCUT2D eigenvalue weighted by Crippen LogP contribution is -2.23. The molecule has 1 heterocycles. The highest BCUT2D eigenvalue weighted by atomic mass is 32.1. The SMILES string of the molecule is Cc1nc(C(=O)NCc2ccc3c(c2)CCC3)cs1. The van der Waals surface area contributed by atoms with Crippen LogP contribution in [0.5, 0.6) is 0 Å². The van der Waals surface area contributed by atoms with Crippen LogP contribution in [0.4, 0.5) is 0 Å². The number of nitrogens with zero attached hydrogens (tertiary/aromatic N) is 1. The maximum absolute atomic E-state index is 11.9. The molecule has 0 spiro atoms. The Balaban J connectivity index is 1.64. The molecule has 4 heteroatoms. The summed E-state index contributed by atoms with van der Waals surface area (Å²) in [6.45, 7) is 2.48. The van der Waals surface area contributed by atoms with E-state index in [0.717, 1.165) is 5.01 Å². The van der Waals surface area contributed by atoms with Crippen molar-refractivity contribution in [2.45, 2.75) is 32.7 Å². The van der Waals surface area contributed by atoms with Crippen LogP contribution in [0.1, 0.15) is 38.6 Å². The predicted molar refractivity (Wildman–Crippen MR) is 76.5 cm³/mol. The summed E-state index contributed by atoms with van der Waals surface area (Å²) >= 11 is 1.50. The van der Waals surface area contributed by atoms with Crippen molar-refractivity contribution in [3.05, 3.63) is 51.0 Å². The Morgan fingerprint density at radius 3 is 3.00 bits per heavy atom. The Morgan fingerprint density at radius 1 is 1.37 bits per heavy atom. The molecule has 3 rings (SSSR count). The fourth-order valence-corrected chi connectivity index (χ4v) is 3.07. The normalized spacial score (nSPS) is 13.3. The number of thiazole rings is 1. The van der Waals surface area contributed by atoms with E-state index in [0.29, 0.717) is 12.2 Å². The van der Waals surface area contributed by atoms with Gasteiger partial charge in [-0.2, -0.15) is 0 Å². The summed E-state index contributed by atoms with van der Waals surface area (Å²) in [7, 11) is 0. The minimum Gasteiger partial charge on any atom is -0.347 e. The van der Waals surface area contributed by atoms with Gasteiger partial charge in [-0.25, -0.2) is 4.98 Å². The van der Waals surface area contributed by atoms with Crippen LogP contribution in [0.3, 0.4) is 0 Å². The number of aromatic nitrogens is 1. The smallest absolute Gasteiger partial charge is 0.271 e. The van der Waals surface area contributed by atoms with Crippen LogP contribution >= 0.6 is 11.3 Å². The standard InChI is InChI=1S/C15H16N2OS/c1-10-17-14(9-19-10)15(18)16-8-11-5-6-12-3-2-4-13(12)7-11/h5-7,9H,2-4,8H2,1H3,(H,16,18). The maximum Gasteiger partial charge on any atom is 0.271 e. The van der Waals surface area contributed by atoms with E-state index in [1.807, 2.05) is 6.92 Å². The molecule has 19 heavy (non-hydrogen) atoms. The van der Waals surface area contributed by atoms with Crippen molar-refractivity contribution in [3.8, 4) is 0 Å². The zero-order chi connectivity index (χ0) is 13.2. The highest BCUT2D eigenvalue weighted by molar-refractivity contribution is 7.09. The number of rotatable bonds is 3. The summed E-state index contributed by atoms with van der Waals surface area (Å²) in [6, 6.07) is 6.52. The number of carbonyl (C=O) groups excluding carboxylic acids is 1. The maximum atomic E-state index is 11.9. The molecule has 2 aromatic rings. The molecule has 1 aromatic carbocycles. The molecule has 1 aliphatic rings. The van der Waals surface area contributed by atoms with Gasteiger partial charge in [0.1, 0.15) is 5.69 Å². The third kappa shape index (κ3) is 2.68. The number of carbonyl (C=O) groups is 1. The molecule has 0 saturated heterocycles. The Morgan fingerprint density at radius 2 is 2.21 bits per heavy atom. The molecule has 0 radical (unpaired) electrons. The van der Waals surface area contributed by atoms with E-state index in [1.54, 1.807) is 5.38 Å². The van der Waals surface area contributed by atoms with Crippen LogP contribution in [0.15, 0.2) is 23.6 Å². The minimum absolute atomic E-state index is 0.0927. The van der Waals surface area contributed by atoms with Crippen molar-refractivity contribution in [2.75, 3.05) is 0 Å². The summed E-state index contributed by atoms with van der Waals surface area (Å²) in [5.74, 6) is -0.0927. The first-order valence-corrected chi connectivity index (χ1v) is 7.41. The Bertz CT molecular complexity index is 618. The van der Waals surface area contributed by atoms with Crippen LogP contribution in [0.25, 0.3) is 0 Å². The van der Waals surface area contributed by atoms with Crippen LogP contribution < -0.4 is 5.32 Å². The van der Waals surface area contributed by atoms with Crippen molar-refractivity contribution in [2.24, 2.45) is 0 Å². The zero-order valence-electron chi connectivity index (χ0n) is 10.9. The van der Waals surface area contributed by atoms with Gasteiger partial charge in [0.15, 0.2) is 0 Å². The number of hydrogen-bond acceptors (Lipinski definition) is 3. The summed E-state index contributed by atoms with van der Waals surface area (Å²) < 4.78 is 0. The van der Waals surface area contributed by atoms with E-state index in [4.69, 9.17) is 0 Å². The molecule has 0 unspecified atom stereocenters. The number of amides is 1. The fraction of sp³-hybridized carbons (Fsp3) is 0.333. The molecule has 0 bridgehead atoms. The van der Waals surface area contributed by atoms with E-state index >= 15 is 0 Å². The zero-order valence-corrected chi connectivity index (χ0v) is 11.7. The molecular weight excluding hydrogens is 256 g/mol. The lowest BCUT2D eigenvalue weighted by Gasteiger charge is -2.06. The van der Waals surface area contributed by atoms with E-state index < -0.39 is 0 Å². The Labute approximate surface area is 116 Å². The second-order valence-electron chi connectivity index (χ2n) is 4.89. The Hall–Kier alpha value is -1.68.